The summed E-state index contributed by atoms with van der Waals surface area (Å²) in [7, 11) is 2.26. The van der Waals surface area contributed by atoms with Crippen LogP contribution in [0.25, 0.3) is 0 Å². The van der Waals surface area contributed by atoms with Gasteiger partial charge in [0.05, 0.1) is 6.61 Å². The number of nitrogens with zero attached hydrogens (tertiary/aromatic N) is 1. The van der Waals surface area contributed by atoms with E-state index >= 15 is 0 Å². The van der Waals surface area contributed by atoms with Crippen molar-refractivity contribution >= 4 is 0 Å². The highest BCUT2D eigenvalue weighted by Gasteiger charge is 2.36. The lowest BCUT2D eigenvalue weighted by Gasteiger charge is -2.41. The molecule has 0 aromatic rings. The van der Waals surface area contributed by atoms with Crippen LogP contribution in [-0.4, -0.2) is 50.8 Å². The fraction of sp³-hybridized carbons (Fsp3) is 1.00. The fourth-order valence-electron chi connectivity index (χ4n) is 3.32. The first-order valence-corrected chi connectivity index (χ1v) is 7.88. The van der Waals surface area contributed by atoms with Crippen molar-refractivity contribution in [2.24, 2.45) is 10.8 Å². The lowest BCUT2D eigenvalue weighted by Crippen LogP contribution is -2.49. The van der Waals surface area contributed by atoms with Crippen LogP contribution >= 0.6 is 0 Å². The molecule has 2 fully saturated rings. The third kappa shape index (κ3) is 5.41. The molecule has 1 heterocycles. The highest BCUT2D eigenvalue weighted by molar-refractivity contribution is 4.91. The molecule has 0 aromatic carbocycles. The average molecular weight is 268 g/mol. The van der Waals surface area contributed by atoms with Crippen molar-refractivity contribution in [3.05, 3.63) is 0 Å². The second kappa shape index (κ2) is 6.11. The third-order valence-electron chi connectivity index (χ3n) is 4.10. The molecule has 3 heteroatoms. The first-order valence-electron chi connectivity index (χ1n) is 7.88. The maximum Gasteiger partial charge on any atom is 0.0546 e. The van der Waals surface area contributed by atoms with Gasteiger partial charge in [0.1, 0.15) is 0 Å². The monoisotopic (exact) mass is 268 g/mol. The fourth-order valence-corrected chi connectivity index (χ4v) is 3.32. The number of nitrogens with one attached hydrogen (secondary N) is 1. The molecule has 0 bridgehead atoms. The number of rotatable bonds is 6. The Morgan fingerprint density at radius 2 is 2.05 bits per heavy atom. The van der Waals surface area contributed by atoms with Crippen molar-refractivity contribution < 1.29 is 4.74 Å². The largest absolute Gasteiger partial charge is 0.381 e. The van der Waals surface area contributed by atoms with Gasteiger partial charge in [0.15, 0.2) is 0 Å². The predicted octanol–water partition coefficient (Wildman–Crippen LogP) is 2.51. The third-order valence-corrected chi connectivity index (χ3v) is 4.10. The summed E-state index contributed by atoms with van der Waals surface area (Å²) in [6, 6.07) is 0.798. The zero-order valence-electron chi connectivity index (χ0n) is 13.3. The van der Waals surface area contributed by atoms with Gasteiger partial charge in [-0.2, -0.15) is 0 Å². The van der Waals surface area contributed by atoms with E-state index in [0.29, 0.717) is 10.8 Å². The highest BCUT2D eigenvalue weighted by atomic mass is 16.5. The van der Waals surface area contributed by atoms with Crippen LogP contribution in [0.1, 0.15) is 46.5 Å². The molecule has 1 aliphatic carbocycles. The summed E-state index contributed by atoms with van der Waals surface area (Å²) in [5.74, 6) is 0. The maximum atomic E-state index is 5.80. The molecular formula is C16H32N2O. The highest BCUT2D eigenvalue weighted by Crippen LogP contribution is 2.31. The van der Waals surface area contributed by atoms with E-state index in [1.807, 2.05) is 0 Å². The lowest BCUT2D eigenvalue weighted by molar-refractivity contribution is -0.0262. The maximum absolute atomic E-state index is 5.80. The molecule has 0 radical (unpaired) electrons. The van der Waals surface area contributed by atoms with Gasteiger partial charge in [0.2, 0.25) is 0 Å². The Hall–Kier alpha value is -0.120. The van der Waals surface area contributed by atoms with Crippen LogP contribution in [0.5, 0.6) is 0 Å². The minimum absolute atomic E-state index is 0.334. The summed E-state index contributed by atoms with van der Waals surface area (Å²) < 4.78 is 5.80. The topological polar surface area (TPSA) is 24.5 Å². The molecule has 1 unspecified atom stereocenters. The molecule has 0 aromatic heterocycles. The molecule has 19 heavy (non-hydrogen) atoms. The molecule has 1 aliphatic heterocycles. The SMILES string of the molecule is CN(CC(C)(C)C)CC1(CNC2CC2)CCCOC1. The summed E-state index contributed by atoms with van der Waals surface area (Å²) >= 11 is 0. The molecule has 1 saturated carbocycles. The van der Waals surface area contributed by atoms with Gasteiger partial charge in [0.25, 0.3) is 0 Å². The summed E-state index contributed by atoms with van der Waals surface area (Å²) in [5.41, 5.74) is 0.705. The minimum atomic E-state index is 0.334. The van der Waals surface area contributed by atoms with Crippen molar-refractivity contribution in [1.82, 2.24) is 10.2 Å². The molecule has 112 valence electrons. The van der Waals surface area contributed by atoms with Crippen LogP contribution in [0, 0.1) is 10.8 Å². The second-order valence-electron chi connectivity index (χ2n) is 8.04. The normalized spacial score (nSPS) is 28.9. The molecule has 1 atom stereocenters. The van der Waals surface area contributed by atoms with Crippen LogP contribution in [-0.2, 0) is 4.74 Å². The van der Waals surface area contributed by atoms with Crippen LogP contribution < -0.4 is 5.32 Å². The van der Waals surface area contributed by atoms with E-state index in [9.17, 15) is 0 Å². The van der Waals surface area contributed by atoms with Crippen molar-refractivity contribution in [2.75, 3.05) is 39.9 Å². The first kappa shape index (κ1) is 15.3. The Morgan fingerprint density at radius 3 is 2.58 bits per heavy atom. The first-order chi connectivity index (χ1) is 8.89. The summed E-state index contributed by atoms with van der Waals surface area (Å²) in [4.78, 5) is 2.50. The molecule has 1 saturated heterocycles. The van der Waals surface area contributed by atoms with Crippen LogP contribution in [0.2, 0.25) is 0 Å². The summed E-state index contributed by atoms with van der Waals surface area (Å²) in [5, 5.41) is 3.73. The van der Waals surface area contributed by atoms with Gasteiger partial charge in [0, 0.05) is 37.7 Å². The zero-order valence-corrected chi connectivity index (χ0v) is 13.3. The van der Waals surface area contributed by atoms with Crippen molar-refractivity contribution in [3.8, 4) is 0 Å². The van der Waals surface area contributed by atoms with E-state index < -0.39 is 0 Å². The summed E-state index contributed by atoms with van der Waals surface area (Å²) in [6.07, 6.45) is 5.26. The Morgan fingerprint density at radius 1 is 1.32 bits per heavy atom. The number of hydrogen-bond donors (Lipinski definition) is 1. The standard InChI is InChI=1S/C16H32N2O/c1-15(2,3)11-18(4)12-16(8-5-9-19-13-16)10-17-14-6-7-14/h14,17H,5-13H2,1-4H3. The summed E-state index contributed by atoms with van der Waals surface area (Å²) in [6.45, 7) is 12.3. The van der Waals surface area contributed by atoms with Gasteiger partial charge in [-0.15, -0.1) is 0 Å². The number of ether oxygens (including phenoxy) is 1. The lowest BCUT2D eigenvalue weighted by atomic mass is 9.81. The van der Waals surface area contributed by atoms with E-state index in [-0.39, 0.29) is 0 Å². The van der Waals surface area contributed by atoms with Crippen molar-refractivity contribution in [2.45, 2.75) is 52.5 Å². The van der Waals surface area contributed by atoms with Gasteiger partial charge in [-0.25, -0.2) is 0 Å². The van der Waals surface area contributed by atoms with Crippen molar-refractivity contribution in [3.63, 3.8) is 0 Å². The minimum Gasteiger partial charge on any atom is -0.381 e. The molecule has 2 rings (SSSR count). The van der Waals surface area contributed by atoms with Crippen molar-refractivity contribution in [1.29, 1.82) is 0 Å². The number of hydrogen-bond acceptors (Lipinski definition) is 3. The van der Waals surface area contributed by atoms with E-state index in [0.717, 1.165) is 38.9 Å². The second-order valence-corrected chi connectivity index (χ2v) is 8.04. The van der Waals surface area contributed by atoms with Gasteiger partial charge in [-0.05, 0) is 38.1 Å². The Kier molecular flexibility index (Phi) is 4.91. The van der Waals surface area contributed by atoms with E-state index in [4.69, 9.17) is 4.74 Å². The molecule has 0 amide bonds. The molecular weight excluding hydrogens is 236 g/mol. The van der Waals surface area contributed by atoms with E-state index in [2.05, 4.69) is 38.0 Å². The van der Waals surface area contributed by atoms with Crippen LogP contribution in [0.15, 0.2) is 0 Å². The Bertz CT molecular complexity index is 275. The predicted molar refractivity (Wildman–Crippen MR) is 80.5 cm³/mol. The molecule has 1 N–H and O–H groups in total. The Balaban J connectivity index is 1.88. The Labute approximate surface area is 119 Å². The smallest absolute Gasteiger partial charge is 0.0546 e. The van der Waals surface area contributed by atoms with Gasteiger partial charge in [-0.3, -0.25) is 0 Å². The van der Waals surface area contributed by atoms with E-state index in [1.165, 1.54) is 25.7 Å². The van der Waals surface area contributed by atoms with E-state index in [1.54, 1.807) is 0 Å². The average Bonchev–Trinajstić information content (AvgIpc) is 3.08. The van der Waals surface area contributed by atoms with Gasteiger partial charge in [-0.1, -0.05) is 20.8 Å². The quantitative estimate of drug-likeness (QED) is 0.801. The van der Waals surface area contributed by atoms with Gasteiger partial charge >= 0.3 is 0 Å². The van der Waals surface area contributed by atoms with Gasteiger partial charge < -0.3 is 15.0 Å². The molecule has 2 aliphatic rings. The van der Waals surface area contributed by atoms with Crippen LogP contribution in [0.3, 0.4) is 0 Å². The zero-order chi connectivity index (χ0) is 13.9. The molecule has 0 spiro atoms. The molecule has 3 nitrogen and oxygen atoms in total. The van der Waals surface area contributed by atoms with Crippen LogP contribution in [0.4, 0.5) is 0 Å².